The normalized spacial score (nSPS) is 10.4. The van der Waals surface area contributed by atoms with E-state index in [-0.39, 0.29) is 5.91 Å². The van der Waals surface area contributed by atoms with E-state index in [2.05, 4.69) is 16.4 Å². The first-order valence-corrected chi connectivity index (χ1v) is 8.75. The summed E-state index contributed by atoms with van der Waals surface area (Å²) in [6.07, 6.45) is 1.66. The molecule has 0 aliphatic carbocycles. The molecule has 3 rings (SSSR count). The number of carbonyl (C=O) groups is 1. The summed E-state index contributed by atoms with van der Waals surface area (Å²) in [5.41, 5.74) is 5.44. The predicted molar refractivity (Wildman–Crippen MR) is 107 cm³/mol. The van der Waals surface area contributed by atoms with Crippen LogP contribution < -0.4 is 10.2 Å². The molecule has 4 heteroatoms. The van der Waals surface area contributed by atoms with Crippen molar-refractivity contribution in [3.63, 3.8) is 0 Å². The van der Waals surface area contributed by atoms with E-state index in [0.717, 1.165) is 22.6 Å². The Kier molecular flexibility index (Phi) is 5.32. The molecule has 132 valence electrons. The SMILES string of the molecule is CCN(C(=O)c1cc(Nc2cccc(C)c2)ccn1)c1cccc(C)c1. The molecule has 0 bridgehead atoms. The number of hydrogen-bond donors (Lipinski definition) is 1. The maximum atomic E-state index is 13.0. The van der Waals surface area contributed by atoms with Crippen LogP contribution in [0.15, 0.2) is 66.9 Å². The van der Waals surface area contributed by atoms with Crippen molar-refractivity contribution in [1.29, 1.82) is 0 Å². The van der Waals surface area contributed by atoms with E-state index < -0.39 is 0 Å². The lowest BCUT2D eigenvalue weighted by Gasteiger charge is -2.21. The molecule has 0 aliphatic rings. The van der Waals surface area contributed by atoms with Gasteiger partial charge in [0.05, 0.1) is 0 Å². The van der Waals surface area contributed by atoms with Crippen molar-refractivity contribution in [3.8, 4) is 0 Å². The van der Waals surface area contributed by atoms with Crippen molar-refractivity contribution in [1.82, 2.24) is 4.98 Å². The quantitative estimate of drug-likeness (QED) is 0.699. The van der Waals surface area contributed by atoms with Crippen molar-refractivity contribution >= 4 is 23.0 Å². The molecular formula is C22H23N3O. The zero-order chi connectivity index (χ0) is 18.5. The van der Waals surface area contributed by atoms with Gasteiger partial charge in [-0.15, -0.1) is 0 Å². The molecule has 0 atom stereocenters. The monoisotopic (exact) mass is 345 g/mol. The number of nitrogens with zero attached hydrogens (tertiary/aromatic N) is 2. The molecule has 0 saturated heterocycles. The molecule has 1 amide bonds. The fourth-order valence-corrected chi connectivity index (χ4v) is 2.89. The topological polar surface area (TPSA) is 45.2 Å². The zero-order valence-corrected chi connectivity index (χ0v) is 15.4. The first-order valence-electron chi connectivity index (χ1n) is 8.75. The molecule has 0 unspecified atom stereocenters. The average Bonchev–Trinajstić information content (AvgIpc) is 2.62. The number of hydrogen-bond acceptors (Lipinski definition) is 3. The number of aryl methyl sites for hydroxylation is 2. The Morgan fingerprint density at radius 2 is 1.65 bits per heavy atom. The van der Waals surface area contributed by atoms with Crippen molar-refractivity contribution in [2.45, 2.75) is 20.8 Å². The molecule has 3 aromatic rings. The second kappa shape index (κ2) is 7.83. The first kappa shape index (κ1) is 17.7. The summed E-state index contributed by atoms with van der Waals surface area (Å²) in [6.45, 7) is 6.62. The van der Waals surface area contributed by atoms with Crippen molar-refractivity contribution in [2.75, 3.05) is 16.8 Å². The molecule has 1 N–H and O–H groups in total. The standard InChI is InChI=1S/C22H23N3O/c1-4-25(20-10-6-8-17(3)14-20)22(26)21-15-19(11-12-23-21)24-18-9-5-7-16(2)13-18/h5-15H,4H2,1-3H3,(H,23,24). The van der Waals surface area contributed by atoms with Gasteiger partial charge in [0, 0.05) is 29.8 Å². The van der Waals surface area contributed by atoms with Gasteiger partial charge in [-0.25, -0.2) is 0 Å². The number of aromatic nitrogens is 1. The minimum Gasteiger partial charge on any atom is -0.355 e. The summed E-state index contributed by atoms with van der Waals surface area (Å²) in [4.78, 5) is 19.0. The fourth-order valence-electron chi connectivity index (χ4n) is 2.89. The summed E-state index contributed by atoms with van der Waals surface area (Å²) in [5.74, 6) is -0.106. The summed E-state index contributed by atoms with van der Waals surface area (Å²) in [6, 6.07) is 19.7. The van der Waals surface area contributed by atoms with E-state index in [1.54, 1.807) is 17.2 Å². The van der Waals surface area contributed by atoms with Crippen molar-refractivity contribution < 1.29 is 4.79 Å². The number of nitrogens with one attached hydrogen (secondary N) is 1. The highest BCUT2D eigenvalue weighted by Crippen LogP contribution is 2.21. The molecular weight excluding hydrogens is 322 g/mol. The Morgan fingerprint density at radius 1 is 0.962 bits per heavy atom. The maximum absolute atomic E-state index is 13.0. The van der Waals surface area contributed by atoms with Gasteiger partial charge in [-0.05, 0) is 68.3 Å². The van der Waals surface area contributed by atoms with Gasteiger partial charge >= 0.3 is 0 Å². The van der Waals surface area contributed by atoms with E-state index in [0.29, 0.717) is 12.2 Å². The number of anilines is 3. The molecule has 1 heterocycles. The van der Waals surface area contributed by atoms with Gasteiger partial charge in [-0.2, -0.15) is 0 Å². The molecule has 0 saturated carbocycles. The minimum atomic E-state index is -0.106. The van der Waals surface area contributed by atoms with Crippen LogP contribution in [0.4, 0.5) is 17.1 Å². The van der Waals surface area contributed by atoms with Crippen LogP contribution in [0.1, 0.15) is 28.5 Å². The lowest BCUT2D eigenvalue weighted by atomic mass is 10.2. The smallest absolute Gasteiger partial charge is 0.276 e. The van der Waals surface area contributed by atoms with Crippen LogP contribution >= 0.6 is 0 Å². The van der Waals surface area contributed by atoms with Crippen molar-refractivity contribution in [3.05, 3.63) is 83.7 Å². The van der Waals surface area contributed by atoms with E-state index in [9.17, 15) is 4.79 Å². The van der Waals surface area contributed by atoms with Crippen LogP contribution in [0.3, 0.4) is 0 Å². The van der Waals surface area contributed by atoms with Gasteiger partial charge < -0.3 is 10.2 Å². The Balaban J connectivity index is 1.85. The Labute approximate surface area is 154 Å². The van der Waals surface area contributed by atoms with Crippen LogP contribution in [0.25, 0.3) is 0 Å². The molecule has 0 aliphatic heterocycles. The van der Waals surface area contributed by atoms with Crippen LogP contribution in [-0.4, -0.2) is 17.4 Å². The molecule has 4 nitrogen and oxygen atoms in total. The van der Waals surface area contributed by atoms with Crippen LogP contribution in [0.5, 0.6) is 0 Å². The molecule has 0 spiro atoms. The molecule has 2 aromatic carbocycles. The minimum absolute atomic E-state index is 0.106. The molecule has 1 aromatic heterocycles. The highest BCUT2D eigenvalue weighted by molar-refractivity contribution is 6.05. The van der Waals surface area contributed by atoms with Gasteiger partial charge in [0.25, 0.3) is 5.91 Å². The second-order valence-corrected chi connectivity index (χ2v) is 6.31. The van der Waals surface area contributed by atoms with E-state index in [1.165, 1.54) is 5.56 Å². The van der Waals surface area contributed by atoms with Gasteiger partial charge in [-0.3, -0.25) is 9.78 Å². The van der Waals surface area contributed by atoms with Gasteiger partial charge in [0.2, 0.25) is 0 Å². The van der Waals surface area contributed by atoms with E-state index in [4.69, 9.17) is 0 Å². The Bertz CT molecular complexity index is 921. The van der Waals surface area contributed by atoms with E-state index in [1.807, 2.05) is 69.3 Å². The second-order valence-electron chi connectivity index (χ2n) is 6.31. The molecule has 0 fully saturated rings. The maximum Gasteiger partial charge on any atom is 0.276 e. The van der Waals surface area contributed by atoms with Crippen LogP contribution in [0.2, 0.25) is 0 Å². The van der Waals surface area contributed by atoms with Gasteiger partial charge in [0.1, 0.15) is 5.69 Å². The predicted octanol–water partition coefficient (Wildman–Crippen LogP) is 5.11. The van der Waals surface area contributed by atoms with Crippen molar-refractivity contribution in [2.24, 2.45) is 0 Å². The number of amides is 1. The lowest BCUT2D eigenvalue weighted by Crippen LogP contribution is -2.31. The summed E-state index contributed by atoms with van der Waals surface area (Å²) >= 11 is 0. The summed E-state index contributed by atoms with van der Waals surface area (Å²) in [5, 5.41) is 3.34. The number of pyridine rings is 1. The summed E-state index contributed by atoms with van der Waals surface area (Å²) in [7, 11) is 0. The number of benzene rings is 2. The van der Waals surface area contributed by atoms with Gasteiger partial charge in [-0.1, -0.05) is 24.3 Å². The Hall–Kier alpha value is -3.14. The van der Waals surface area contributed by atoms with Crippen LogP contribution in [0, 0.1) is 13.8 Å². The first-order chi connectivity index (χ1) is 12.6. The third-order valence-corrected chi connectivity index (χ3v) is 4.16. The Morgan fingerprint density at radius 3 is 2.35 bits per heavy atom. The third-order valence-electron chi connectivity index (χ3n) is 4.16. The molecule has 0 radical (unpaired) electrons. The lowest BCUT2D eigenvalue weighted by molar-refractivity contribution is 0.0983. The average molecular weight is 345 g/mol. The number of rotatable bonds is 5. The largest absolute Gasteiger partial charge is 0.355 e. The van der Waals surface area contributed by atoms with Crippen LogP contribution in [-0.2, 0) is 0 Å². The van der Waals surface area contributed by atoms with E-state index >= 15 is 0 Å². The zero-order valence-electron chi connectivity index (χ0n) is 15.4. The molecule has 26 heavy (non-hydrogen) atoms. The highest BCUT2D eigenvalue weighted by atomic mass is 16.2. The van der Waals surface area contributed by atoms with Gasteiger partial charge in [0.15, 0.2) is 0 Å². The third kappa shape index (κ3) is 4.09. The highest BCUT2D eigenvalue weighted by Gasteiger charge is 2.18. The number of carbonyl (C=O) groups excluding carboxylic acids is 1. The fraction of sp³-hybridized carbons (Fsp3) is 0.182. The summed E-state index contributed by atoms with van der Waals surface area (Å²) < 4.78 is 0.